The van der Waals surface area contributed by atoms with Crippen LogP contribution in [0.1, 0.15) is 24.2 Å². The molecule has 2 aromatic carbocycles. The van der Waals surface area contributed by atoms with Crippen LogP contribution in [0.25, 0.3) is 0 Å². The third-order valence-electron chi connectivity index (χ3n) is 2.77. The highest BCUT2D eigenvalue weighted by atomic mass is 16.5. The molecule has 0 saturated carbocycles. The summed E-state index contributed by atoms with van der Waals surface area (Å²) in [6.07, 6.45) is 0. The average Bonchev–Trinajstić information content (AvgIpc) is 2.41. The van der Waals surface area contributed by atoms with E-state index in [0.29, 0.717) is 29.4 Å². The number of hydrogen-bond donors (Lipinski definition) is 1. The van der Waals surface area contributed by atoms with Crippen molar-refractivity contribution in [3.63, 3.8) is 0 Å². The predicted octanol–water partition coefficient (Wildman–Crippen LogP) is 3.66. The monoisotopic (exact) mass is 271 g/mol. The first-order valence-electron chi connectivity index (χ1n) is 6.41. The molecule has 20 heavy (non-hydrogen) atoms. The lowest BCUT2D eigenvalue weighted by molar-refractivity contribution is 0.101. The molecule has 0 radical (unpaired) electrons. The predicted molar refractivity (Wildman–Crippen MR) is 78.5 cm³/mol. The Kier molecular flexibility index (Phi) is 4.25. The van der Waals surface area contributed by atoms with Crippen LogP contribution in [0.3, 0.4) is 0 Å². The minimum absolute atomic E-state index is 0.0601. The average molecular weight is 271 g/mol. The SMILES string of the molecule is CCOc1ccc(Oc2ccc(C(C)=O)c(N)c2)cc1. The van der Waals surface area contributed by atoms with Crippen LogP contribution in [0, 0.1) is 0 Å². The summed E-state index contributed by atoms with van der Waals surface area (Å²) < 4.78 is 11.0. The van der Waals surface area contributed by atoms with Gasteiger partial charge in [-0.05, 0) is 50.2 Å². The van der Waals surface area contributed by atoms with Gasteiger partial charge in [0.15, 0.2) is 5.78 Å². The number of ether oxygens (including phenoxy) is 2. The van der Waals surface area contributed by atoms with Crippen LogP contribution in [0.5, 0.6) is 17.2 Å². The van der Waals surface area contributed by atoms with E-state index in [1.54, 1.807) is 18.2 Å². The highest BCUT2D eigenvalue weighted by molar-refractivity contribution is 5.99. The van der Waals surface area contributed by atoms with Crippen LogP contribution in [-0.2, 0) is 0 Å². The van der Waals surface area contributed by atoms with Crippen molar-refractivity contribution in [2.45, 2.75) is 13.8 Å². The molecule has 2 rings (SSSR count). The molecule has 2 aromatic rings. The summed E-state index contributed by atoms with van der Waals surface area (Å²) in [6, 6.07) is 12.4. The maximum Gasteiger partial charge on any atom is 0.161 e. The second kappa shape index (κ2) is 6.10. The molecule has 0 unspecified atom stereocenters. The first-order valence-corrected chi connectivity index (χ1v) is 6.41. The van der Waals surface area contributed by atoms with Crippen molar-refractivity contribution in [2.75, 3.05) is 12.3 Å². The maximum atomic E-state index is 11.3. The topological polar surface area (TPSA) is 61.5 Å². The molecule has 104 valence electrons. The van der Waals surface area contributed by atoms with E-state index >= 15 is 0 Å². The van der Waals surface area contributed by atoms with Crippen molar-refractivity contribution in [2.24, 2.45) is 0 Å². The number of benzene rings is 2. The van der Waals surface area contributed by atoms with Gasteiger partial charge in [0, 0.05) is 17.3 Å². The number of carbonyl (C=O) groups excluding carboxylic acids is 1. The summed E-state index contributed by atoms with van der Waals surface area (Å²) in [5.41, 5.74) is 6.74. The minimum Gasteiger partial charge on any atom is -0.494 e. The minimum atomic E-state index is -0.0601. The summed E-state index contributed by atoms with van der Waals surface area (Å²) in [4.78, 5) is 11.3. The molecule has 0 spiro atoms. The van der Waals surface area contributed by atoms with Crippen LogP contribution in [0.15, 0.2) is 42.5 Å². The lowest BCUT2D eigenvalue weighted by Crippen LogP contribution is -1.99. The standard InChI is InChI=1S/C16H17NO3/c1-3-19-12-4-6-13(7-5-12)20-14-8-9-15(11(2)18)16(17)10-14/h4-10H,3,17H2,1-2H3. The molecule has 0 amide bonds. The van der Waals surface area contributed by atoms with E-state index in [1.165, 1.54) is 6.92 Å². The summed E-state index contributed by atoms with van der Waals surface area (Å²) in [5, 5.41) is 0. The Balaban J connectivity index is 2.13. The molecule has 4 heteroatoms. The van der Waals surface area contributed by atoms with Crippen molar-refractivity contribution >= 4 is 11.5 Å². The molecule has 0 aromatic heterocycles. The van der Waals surface area contributed by atoms with Crippen molar-refractivity contribution in [1.29, 1.82) is 0 Å². The molecular weight excluding hydrogens is 254 g/mol. The van der Waals surface area contributed by atoms with E-state index in [2.05, 4.69) is 0 Å². The van der Waals surface area contributed by atoms with Gasteiger partial charge in [-0.25, -0.2) is 0 Å². The first kappa shape index (κ1) is 13.9. The van der Waals surface area contributed by atoms with Crippen molar-refractivity contribution < 1.29 is 14.3 Å². The third kappa shape index (κ3) is 3.29. The smallest absolute Gasteiger partial charge is 0.161 e. The Labute approximate surface area is 118 Å². The Morgan fingerprint density at radius 3 is 2.20 bits per heavy atom. The van der Waals surface area contributed by atoms with Gasteiger partial charge < -0.3 is 15.2 Å². The lowest BCUT2D eigenvalue weighted by Gasteiger charge is -2.09. The van der Waals surface area contributed by atoms with Gasteiger partial charge in [0.05, 0.1) is 6.61 Å². The zero-order valence-electron chi connectivity index (χ0n) is 11.6. The molecule has 0 bridgehead atoms. The van der Waals surface area contributed by atoms with Crippen LogP contribution in [0.4, 0.5) is 5.69 Å². The molecule has 0 aliphatic rings. The number of nitrogen functional groups attached to an aromatic ring is 1. The van der Waals surface area contributed by atoms with Crippen LogP contribution < -0.4 is 15.2 Å². The zero-order valence-corrected chi connectivity index (χ0v) is 11.6. The highest BCUT2D eigenvalue weighted by Crippen LogP contribution is 2.27. The summed E-state index contributed by atoms with van der Waals surface area (Å²) in [6.45, 7) is 4.05. The molecular formula is C16H17NO3. The van der Waals surface area contributed by atoms with Crippen LogP contribution in [-0.4, -0.2) is 12.4 Å². The Morgan fingerprint density at radius 2 is 1.65 bits per heavy atom. The number of anilines is 1. The van der Waals surface area contributed by atoms with Gasteiger partial charge in [-0.1, -0.05) is 0 Å². The molecule has 4 nitrogen and oxygen atoms in total. The van der Waals surface area contributed by atoms with E-state index in [0.717, 1.165) is 5.75 Å². The molecule has 0 atom stereocenters. The van der Waals surface area contributed by atoms with Gasteiger partial charge in [0.1, 0.15) is 17.2 Å². The zero-order chi connectivity index (χ0) is 14.5. The Bertz CT molecular complexity index is 606. The number of nitrogens with two attached hydrogens (primary N) is 1. The number of ketones is 1. The van der Waals surface area contributed by atoms with E-state index in [-0.39, 0.29) is 5.78 Å². The molecule has 0 saturated heterocycles. The molecule has 0 aliphatic heterocycles. The molecule has 0 aliphatic carbocycles. The fourth-order valence-electron chi connectivity index (χ4n) is 1.83. The molecule has 0 heterocycles. The maximum absolute atomic E-state index is 11.3. The second-order valence-corrected chi connectivity index (χ2v) is 4.31. The number of Topliss-reactive ketones (excluding diaryl/α,β-unsaturated/α-hetero) is 1. The number of hydrogen-bond acceptors (Lipinski definition) is 4. The first-order chi connectivity index (χ1) is 9.60. The highest BCUT2D eigenvalue weighted by Gasteiger charge is 2.06. The fourth-order valence-corrected chi connectivity index (χ4v) is 1.83. The number of rotatable bonds is 5. The quantitative estimate of drug-likeness (QED) is 0.666. The van der Waals surface area contributed by atoms with Crippen LogP contribution >= 0.6 is 0 Å². The largest absolute Gasteiger partial charge is 0.494 e. The normalized spacial score (nSPS) is 10.1. The van der Waals surface area contributed by atoms with Gasteiger partial charge in [0.2, 0.25) is 0 Å². The summed E-state index contributed by atoms with van der Waals surface area (Å²) in [5.74, 6) is 2.02. The van der Waals surface area contributed by atoms with E-state index in [4.69, 9.17) is 15.2 Å². The molecule has 0 fully saturated rings. The van der Waals surface area contributed by atoms with E-state index in [9.17, 15) is 4.79 Å². The van der Waals surface area contributed by atoms with Gasteiger partial charge in [-0.2, -0.15) is 0 Å². The lowest BCUT2D eigenvalue weighted by atomic mass is 10.1. The van der Waals surface area contributed by atoms with Crippen molar-refractivity contribution in [3.8, 4) is 17.2 Å². The van der Waals surface area contributed by atoms with E-state index in [1.807, 2.05) is 31.2 Å². The summed E-state index contributed by atoms with van der Waals surface area (Å²) >= 11 is 0. The Hall–Kier alpha value is -2.49. The van der Waals surface area contributed by atoms with Gasteiger partial charge in [-0.15, -0.1) is 0 Å². The fraction of sp³-hybridized carbons (Fsp3) is 0.188. The molecule has 2 N–H and O–H groups in total. The summed E-state index contributed by atoms with van der Waals surface area (Å²) in [7, 11) is 0. The van der Waals surface area contributed by atoms with Gasteiger partial charge >= 0.3 is 0 Å². The van der Waals surface area contributed by atoms with Crippen LogP contribution in [0.2, 0.25) is 0 Å². The second-order valence-electron chi connectivity index (χ2n) is 4.31. The van der Waals surface area contributed by atoms with Gasteiger partial charge in [0.25, 0.3) is 0 Å². The van der Waals surface area contributed by atoms with Crippen molar-refractivity contribution in [3.05, 3.63) is 48.0 Å². The Morgan fingerprint density at radius 1 is 1.05 bits per heavy atom. The van der Waals surface area contributed by atoms with Gasteiger partial charge in [-0.3, -0.25) is 4.79 Å². The van der Waals surface area contributed by atoms with Crippen molar-refractivity contribution in [1.82, 2.24) is 0 Å². The number of carbonyl (C=O) groups is 1. The third-order valence-corrected chi connectivity index (χ3v) is 2.77. The van der Waals surface area contributed by atoms with E-state index < -0.39 is 0 Å².